The lowest BCUT2D eigenvalue weighted by molar-refractivity contribution is 0.318. The molecule has 2 N–H and O–H groups in total. The molecule has 2 rings (SSSR count). The third kappa shape index (κ3) is 5.56. The summed E-state index contributed by atoms with van der Waals surface area (Å²) in [6, 6.07) is 8.24. The molecule has 0 spiro atoms. The lowest BCUT2D eigenvalue weighted by atomic mass is 9.97. The Morgan fingerprint density at radius 1 is 1.32 bits per heavy atom. The molecule has 0 aliphatic heterocycles. The maximum Gasteiger partial charge on any atom is 0.232 e. The van der Waals surface area contributed by atoms with Gasteiger partial charge in [-0.2, -0.15) is 4.98 Å². The minimum absolute atomic E-state index is 0.101. The Labute approximate surface area is 157 Å². The lowest BCUT2D eigenvalue weighted by Gasteiger charge is -2.19. The van der Waals surface area contributed by atoms with Crippen LogP contribution in [-0.4, -0.2) is 22.6 Å². The normalized spacial score (nSPS) is 13.6. The number of benzene rings is 1. The van der Waals surface area contributed by atoms with Gasteiger partial charge in [0.05, 0.1) is 6.04 Å². The number of nitrogens with zero attached hydrogens (tertiary/aromatic N) is 3. The van der Waals surface area contributed by atoms with Gasteiger partial charge in [0.15, 0.2) is 11.8 Å². The van der Waals surface area contributed by atoms with E-state index in [-0.39, 0.29) is 11.5 Å². The van der Waals surface area contributed by atoms with Crippen molar-refractivity contribution in [1.29, 1.82) is 0 Å². The van der Waals surface area contributed by atoms with Crippen molar-refractivity contribution in [2.75, 3.05) is 6.54 Å². The number of halogens is 1. The van der Waals surface area contributed by atoms with Crippen molar-refractivity contribution in [3.8, 4) is 0 Å². The van der Waals surface area contributed by atoms with Crippen LogP contribution < -0.4 is 10.6 Å². The minimum atomic E-state index is -0.161. The highest BCUT2D eigenvalue weighted by molar-refractivity contribution is 9.10. The fourth-order valence-corrected chi connectivity index (χ4v) is 2.83. The Balaban J connectivity index is 2.08. The van der Waals surface area contributed by atoms with E-state index in [0.29, 0.717) is 24.2 Å². The zero-order valence-corrected chi connectivity index (χ0v) is 17.0. The van der Waals surface area contributed by atoms with E-state index in [4.69, 9.17) is 4.52 Å². The Morgan fingerprint density at radius 3 is 2.64 bits per heavy atom. The average molecular weight is 408 g/mol. The van der Waals surface area contributed by atoms with Gasteiger partial charge in [0.25, 0.3) is 0 Å². The van der Waals surface area contributed by atoms with Gasteiger partial charge < -0.3 is 15.2 Å². The molecule has 1 unspecified atom stereocenters. The molecule has 0 aliphatic rings. The van der Waals surface area contributed by atoms with Crippen LogP contribution >= 0.6 is 15.9 Å². The van der Waals surface area contributed by atoms with Gasteiger partial charge in [-0.15, -0.1) is 0 Å². The van der Waals surface area contributed by atoms with Gasteiger partial charge in [-0.1, -0.05) is 60.1 Å². The van der Waals surface area contributed by atoms with E-state index < -0.39 is 0 Å². The molecule has 2 aromatic rings. The monoisotopic (exact) mass is 407 g/mol. The van der Waals surface area contributed by atoms with Crippen LogP contribution in [0.2, 0.25) is 0 Å². The van der Waals surface area contributed by atoms with Gasteiger partial charge in [0.1, 0.15) is 6.54 Å². The van der Waals surface area contributed by atoms with Crippen LogP contribution in [0, 0.1) is 0 Å². The van der Waals surface area contributed by atoms with Crippen molar-refractivity contribution in [2.24, 2.45) is 4.99 Å². The Hall–Kier alpha value is -1.89. The first-order valence-corrected chi connectivity index (χ1v) is 9.23. The summed E-state index contributed by atoms with van der Waals surface area (Å²) < 4.78 is 6.38. The van der Waals surface area contributed by atoms with E-state index in [2.05, 4.69) is 54.7 Å². The van der Waals surface area contributed by atoms with Gasteiger partial charge in [-0.05, 0) is 25.5 Å². The zero-order valence-electron chi connectivity index (χ0n) is 15.4. The van der Waals surface area contributed by atoms with E-state index in [1.165, 1.54) is 5.56 Å². The summed E-state index contributed by atoms with van der Waals surface area (Å²) in [4.78, 5) is 8.99. The molecule has 0 aliphatic carbocycles. The summed E-state index contributed by atoms with van der Waals surface area (Å²) in [5, 5.41) is 10.7. The fraction of sp³-hybridized carbons (Fsp3) is 0.500. The summed E-state index contributed by atoms with van der Waals surface area (Å²) in [7, 11) is 0. The van der Waals surface area contributed by atoms with Crippen LogP contribution in [0.5, 0.6) is 0 Å². The average Bonchev–Trinajstić information content (AvgIpc) is 3.02. The molecule has 0 amide bonds. The highest BCUT2D eigenvalue weighted by Crippen LogP contribution is 2.22. The van der Waals surface area contributed by atoms with Gasteiger partial charge in [-0.3, -0.25) is 0 Å². The van der Waals surface area contributed by atoms with Crippen molar-refractivity contribution in [2.45, 2.75) is 52.6 Å². The highest BCUT2D eigenvalue weighted by Gasteiger charge is 2.21. The number of rotatable bonds is 5. The molecular weight excluding hydrogens is 382 g/mol. The molecule has 0 fully saturated rings. The SMILES string of the molecule is CCNC(=NCc1noc(C(C)(C)C)n1)NC(C)c1ccccc1Br. The molecule has 25 heavy (non-hydrogen) atoms. The predicted molar refractivity (Wildman–Crippen MR) is 104 cm³/mol. The largest absolute Gasteiger partial charge is 0.357 e. The van der Waals surface area contributed by atoms with Crippen molar-refractivity contribution < 1.29 is 4.52 Å². The van der Waals surface area contributed by atoms with Gasteiger partial charge in [-0.25, -0.2) is 4.99 Å². The summed E-state index contributed by atoms with van der Waals surface area (Å²) >= 11 is 3.59. The lowest BCUT2D eigenvalue weighted by Crippen LogP contribution is -2.38. The molecule has 0 saturated heterocycles. The summed E-state index contributed by atoms with van der Waals surface area (Å²) in [6.45, 7) is 11.4. The maximum atomic E-state index is 5.31. The van der Waals surface area contributed by atoms with Crippen molar-refractivity contribution in [3.05, 3.63) is 46.0 Å². The van der Waals surface area contributed by atoms with Crippen molar-refractivity contribution in [1.82, 2.24) is 20.8 Å². The summed E-state index contributed by atoms with van der Waals surface area (Å²) in [5.74, 6) is 1.92. The van der Waals surface area contributed by atoms with E-state index in [1.807, 2.05) is 45.9 Å². The Morgan fingerprint density at radius 2 is 2.04 bits per heavy atom. The summed E-state index contributed by atoms with van der Waals surface area (Å²) in [6.07, 6.45) is 0. The first kappa shape index (κ1) is 19.4. The Bertz CT molecular complexity index is 720. The number of hydrogen-bond acceptors (Lipinski definition) is 4. The quantitative estimate of drug-likeness (QED) is 0.579. The minimum Gasteiger partial charge on any atom is -0.357 e. The second kappa shape index (κ2) is 8.47. The first-order valence-electron chi connectivity index (χ1n) is 8.43. The molecule has 0 bridgehead atoms. The first-order chi connectivity index (χ1) is 11.8. The number of aromatic nitrogens is 2. The number of aliphatic imine (C=N–C) groups is 1. The van der Waals surface area contributed by atoms with Crippen molar-refractivity contribution >= 4 is 21.9 Å². The number of nitrogens with one attached hydrogen (secondary N) is 2. The van der Waals surface area contributed by atoms with Gasteiger partial charge in [0, 0.05) is 16.4 Å². The second-order valence-corrected chi connectivity index (χ2v) is 7.70. The Kier molecular flexibility index (Phi) is 6.58. The fourth-order valence-electron chi connectivity index (χ4n) is 2.20. The van der Waals surface area contributed by atoms with E-state index in [0.717, 1.165) is 11.0 Å². The standard InChI is InChI=1S/C18H26BrN5O/c1-6-20-17(22-12(2)13-9-7-8-10-14(13)19)21-11-15-23-16(25-24-15)18(3,4)5/h7-10,12H,6,11H2,1-5H3,(H2,20,21,22). The van der Waals surface area contributed by atoms with Crippen LogP contribution in [0.3, 0.4) is 0 Å². The molecular formula is C18H26BrN5O. The number of guanidine groups is 1. The van der Waals surface area contributed by atoms with Crippen LogP contribution in [0.15, 0.2) is 38.3 Å². The van der Waals surface area contributed by atoms with Gasteiger partial charge in [0.2, 0.25) is 5.89 Å². The van der Waals surface area contributed by atoms with Crippen LogP contribution in [0.4, 0.5) is 0 Å². The molecule has 7 heteroatoms. The van der Waals surface area contributed by atoms with Crippen LogP contribution in [0.25, 0.3) is 0 Å². The van der Waals surface area contributed by atoms with Crippen LogP contribution in [0.1, 0.15) is 57.9 Å². The third-order valence-electron chi connectivity index (χ3n) is 3.56. The zero-order chi connectivity index (χ0) is 18.4. The third-order valence-corrected chi connectivity index (χ3v) is 4.28. The molecule has 136 valence electrons. The van der Waals surface area contributed by atoms with Crippen molar-refractivity contribution in [3.63, 3.8) is 0 Å². The highest BCUT2D eigenvalue weighted by atomic mass is 79.9. The molecule has 0 saturated carbocycles. The molecule has 1 aromatic heterocycles. The van der Waals surface area contributed by atoms with E-state index in [9.17, 15) is 0 Å². The van der Waals surface area contributed by atoms with E-state index >= 15 is 0 Å². The molecule has 0 radical (unpaired) electrons. The topological polar surface area (TPSA) is 75.3 Å². The summed E-state index contributed by atoms with van der Waals surface area (Å²) in [5.41, 5.74) is 1.01. The number of hydrogen-bond donors (Lipinski definition) is 2. The smallest absolute Gasteiger partial charge is 0.232 e. The molecule has 1 heterocycles. The van der Waals surface area contributed by atoms with Crippen LogP contribution in [-0.2, 0) is 12.0 Å². The second-order valence-electron chi connectivity index (χ2n) is 6.85. The molecule has 6 nitrogen and oxygen atoms in total. The van der Waals surface area contributed by atoms with Gasteiger partial charge >= 0.3 is 0 Å². The maximum absolute atomic E-state index is 5.31. The molecule has 1 atom stereocenters. The predicted octanol–water partition coefficient (Wildman–Crippen LogP) is 3.95. The molecule has 1 aromatic carbocycles. The van der Waals surface area contributed by atoms with E-state index in [1.54, 1.807) is 0 Å².